The smallest absolute Gasteiger partial charge is 0.240 e. The Labute approximate surface area is 214 Å². The highest BCUT2D eigenvalue weighted by Gasteiger charge is 2.25. The van der Waals surface area contributed by atoms with Crippen LogP contribution >= 0.6 is 11.6 Å². The first kappa shape index (κ1) is 25.6. The summed E-state index contributed by atoms with van der Waals surface area (Å²) in [6, 6.07) is 15.3. The van der Waals surface area contributed by atoms with Gasteiger partial charge in [0, 0.05) is 23.5 Å². The van der Waals surface area contributed by atoms with Crippen LogP contribution in [0.4, 0.5) is 0 Å². The molecule has 1 amide bonds. The molecule has 2 heterocycles. The fourth-order valence-electron chi connectivity index (χ4n) is 3.86. The second-order valence-corrected chi connectivity index (χ2v) is 11.1. The zero-order valence-corrected chi connectivity index (χ0v) is 21.8. The molecule has 186 valence electrons. The third-order valence-corrected chi connectivity index (χ3v) is 8.07. The molecule has 0 aliphatic rings. The monoisotopic (exact) mass is 523 g/mol. The minimum atomic E-state index is -4.13. The summed E-state index contributed by atoms with van der Waals surface area (Å²) >= 11 is 5.91. The summed E-state index contributed by atoms with van der Waals surface area (Å²) in [7, 11) is -4.13. The molecule has 2 aromatic heterocycles. The number of fused-ring (bicyclic) bond motifs is 1. The Morgan fingerprint density at radius 1 is 1.00 bits per heavy atom. The van der Waals surface area contributed by atoms with Gasteiger partial charge in [-0.15, -0.1) is 0 Å². The van der Waals surface area contributed by atoms with E-state index in [1.807, 2.05) is 26.0 Å². The number of hydrogen-bond donors (Lipinski definition) is 1. The molecule has 2 aromatic carbocycles. The number of pyridine rings is 2. The maximum atomic E-state index is 13.5. The third kappa shape index (κ3) is 5.34. The molecule has 0 aliphatic carbocycles. The molecule has 0 unspecified atom stereocenters. The number of sulfone groups is 1. The van der Waals surface area contributed by atoms with Crippen LogP contribution in [0.3, 0.4) is 0 Å². The van der Waals surface area contributed by atoms with E-state index in [1.54, 1.807) is 43.3 Å². The van der Waals surface area contributed by atoms with Crippen LogP contribution in [0.25, 0.3) is 11.0 Å². The number of nitrogens with zero attached hydrogens (tertiary/aromatic N) is 2. The van der Waals surface area contributed by atoms with Crippen LogP contribution in [0.1, 0.15) is 22.4 Å². The van der Waals surface area contributed by atoms with Gasteiger partial charge in [-0.1, -0.05) is 29.8 Å². The molecule has 0 bridgehead atoms. The number of amides is 1. The number of rotatable bonds is 7. The van der Waals surface area contributed by atoms with Crippen molar-refractivity contribution in [1.29, 1.82) is 0 Å². The lowest BCUT2D eigenvalue weighted by molar-refractivity contribution is -0.121. The van der Waals surface area contributed by atoms with E-state index in [-0.39, 0.29) is 28.4 Å². The highest BCUT2D eigenvalue weighted by atomic mass is 35.5. The van der Waals surface area contributed by atoms with Crippen molar-refractivity contribution in [1.82, 2.24) is 14.9 Å². The van der Waals surface area contributed by atoms with Crippen LogP contribution < -0.4 is 10.7 Å². The highest BCUT2D eigenvalue weighted by molar-refractivity contribution is 7.91. The standard InChI is InChI=1S/C27H26ClN3O4S/c1-17-4-10-22(14-18(17)2)36(34,35)24-15-31(27-23(26(24)33)11-5-19(3)30-27)16-25(32)29-13-12-20-6-8-21(28)9-7-20/h4-11,14-15H,12-13,16H2,1-3H3,(H,29,32). The van der Waals surface area contributed by atoms with Crippen molar-refractivity contribution >= 4 is 38.4 Å². The molecule has 0 saturated carbocycles. The van der Waals surface area contributed by atoms with Crippen molar-refractivity contribution in [2.24, 2.45) is 0 Å². The number of benzene rings is 2. The lowest BCUT2D eigenvalue weighted by Crippen LogP contribution is -2.30. The van der Waals surface area contributed by atoms with E-state index in [9.17, 15) is 18.0 Å². The fourth-order valence-corrected chi connectivity index (χ4v) is 5.44. The average Bonchev–Trinajstić information content (AvgIpc) is 2.83. The van der Waals surface area contributed by atoms with Gasteiger partial charge >= 0.3 is 0 Å². The summed E-state index contributed by atoms with van der Waals surface area (Å²) in [4.78, 5) is 30.1. The Kier molecular flexibility index (Phi) is 7.28. The summed E-state index contributed by atoms with van der Waals surface area (Å²) in [5, 5.41) is 3.62. The molecule has 36 heavy (non-hydrogen) atoms. The number of halogens is 1. The Morgan fingerprint density at radius 2 is 1.72 bits per heavy atom. The number of carbonyl (C=O) groups is 1. The van der Waals surface area contributed by atoms with Gasteiger partial charge in [0.15, 0.2) is 0 Å². The van der Waals surface area contributed by atoms with Gasteiger partial charge in [-0.3, -0.25) is 9.59 Å². The van der Waals surface area contributed by atoms with Crippen molar-refractivity contribution in [3.63, 3.8) is 0 Å². The minimum absolute atomic E-state index is 0.0288. The topological polar surface area (TPSA) is 98.1 Å². The molecular weight excluding hydrogens is 498 g/mol. The molecule has 0 saturated heterocycles. The Morgan fingerprint density at radius 3 is 2.42 bits per heavy atom. The van der Waals surface area contributed by atoms with Gasteiger partial charge in [0.05, 0.1) is 10.3 Å². The predicted octanol–water partition coefficient (Wildman–Crippen LogP) is 4.17. The zero-order chi connectivity index (χ0) is 26.0. The molecule has 0 fully saturated rings. The van der Waals surface area contributed by atoms with Crippen LogP contribution in [0, 0.1) is 20.8 Å². The van der Waals surface area contributed by atoms with Crippen molar-refractivity contribution in [2.45, 2.75) is 43.5 Å². The van der Waals surface area contributed by atoms with E-state index in [0.717, 1.165) is 16.7 Å². The minimum Gasteiger partial charge on any atom is -0.354 e. The summed E-state index contributed by atoms with van der Waals surface area (Å²) < 4.78 is 28.4. The third-order valence-electron chi connectivity index (χ3n) is 6.07. The average molecular weight is 524 g/mol. The van der Waals surface area contributed by atoms with E-state index in [2.05, 4.69) is 10.3 Å². The van der Waals surface area contributed by atoms with E-state index in [4.69, 9.17) is 11.6 Å². The maximum Gasteiger partial charge on any atom is 0.240 e. The first-order valence-electron chi connectivity index (χ1n) is 11.4. The van der Waals surface area contributed by atoms with Crippen LogP contribution in [0.5, 0.6) is 0 Å². The first-order chi connectivity index (χ1) is 17.1. The van der Waals surface area contributed by atoms with Gasteiger partial charge in [0.1, 0.15) is 17.1 Å². The van der Waals surface area contributed by atoms with Gasteiger partial charge in [-0.25, -0.2) is 13.4 Å². The van der Waals surface area contributed by atoms with Gasteiger partial charge in [-0.2, -0.15) is 0 Å². The number of aryl methyl sites for hydroxylation is 3. The van der Waals surface area contributed by atoms with E-state index in [0.29, 0.717) is 23.7 Å². The lowest BCUT2D eigenvalue weighted by atomic mass is 10.1. The maximum absolute atomic E-state index is 13.5. The summed E-state index contributed by atoms with van der Waals surface area (Å²) in [6.45, 7) is 5.66. The highest BCUT2D eigenvalue weighted by Crippen LogP contribution is 2.23. The molecule has 7 nitrogen and oxygen atoms in total. The van der Waals surface area contributed by atoms with Crippen molar-refractivity contribution < 1.29 is 13.2 Å². The number of aromatic nitrogens is 2. The largest absolute Gasteiger partial charge is 0.354 e. The van der Waals surface area contributed by atoms with Crippen molar-refractivity contribution in [3.8, 4) is 0 Å². The van der Waals surface area contributed by atoms with E-state index in [1.165, 1.54) is 16.8 Å². The number of carbonyl (C=O) groups excluding carboxylic acids is 1. The van der Waals surface area contributed by atoms with Gasteiger partial charge < -0.3 is 9.88 Å². The Bertz CT molecular complexity index is 1630. The second kappa shape index (κ2) is 10.2. The predicted molar refractivity (Wildman–Crippen MR) is 140 cm³/mol. The lowest BCUT2D eigenvalue weighted by Gasteiger charge is -2.14. The van der Waals surface area contributed by atoms with Gasteiger partial charge in [-0.05, 0) is 80.3 Å². The molecular formula is C27H26ClN3O4S. The summed E-state index contributed by atoms with van der Waals surface area (Å²) in [5.41, 5.74) is 3.02. The van der Waals surface area contributed by atoms with Crippen LogP contribution in [-0.2, 0) is 27.6 Å². The van der Waals surface area contributed by atoms with E-state index < -0.39 is 20.2 Å². The van der Waals surface area contributed by atoms with Crippen molar-refractivity contribution in [2.75, 3.05) is 6.54 Å². The molecule has 4 aromatic rings. The van der Waals surface area contributed by atoms with Crippen LogP contribution in [0.2, 0.25) is 5.02 Å². The molecule has 0 spiro atoms. The summed E-state index contributed by atoms with van der Waals surface area (Å²) in [5.74, 6) is -0.327. The first-order valence-corrected chi connectivity index (χ1v) is 13.3. The van der Waals surface area contributed by atoms with Crippen LogP contribution in [-0.4, -0.2) is 30.4 Å². The molecule has 4 rings (SSSR count). The second-order valence-electron chi connectivity index (χ2n) is 8.75. The molecule has 9 heteroatoms. The van der Waals surface area contributed by atoms with Crippen LogP contribution in [0.15, 0.2) is 75.4 Å². The molecule has 0 aliphatic heterocycles. The zero-order valence-electron chi connectivity index (χ0n) is 20.2. The molecule has 1 N–H and O–H groups in total. The van der Waals surface area contributed by atoms with E-state index >= 15 is 0 Å². The fraction of sp³-hybridized carbons (Fsp3) is 0.222. The molecule has 0 atom stereocenters. The quantitative estimate of drug-likeness (QED) is 0.392. The van der Waals surface area contributed by atoms with Crippen molar-refractivity contribution in [3.05, 3.63) is 98.4 Å². The number of hydrogen-bond acceptors (Lipinski definition) is 5. The normalized spacial score (nSPS) is 11.6. The number of nitrogens with one attached hydrogen (secondary N) is 1. The summed E-state index contributed by atoms with van der Waals surface area (Å²) in [6.07, 6.45) is 1.83. The Hall–Kier alpha value is -3.49. The van der Waals surface area contributed by atoms with Gasteiger partial charge in [0.2, 0.25) is 21.2 Å². The Balaban J connectivity index is 1.68. The SMILES string of the molecule is Cc1ccc2c(=O)c(S(=O)(=O)c3ccc(C)c(C)c3)cn(CC(=O)NCCc3ccc(Cl)cc3)c2n1. The molecule has 0 radical (unpaired) electrons. The van der Waals surface area contributed by atoms with Gasteiger partial charge in [0.25, 0.3) is 0 Å².